The summed E-state index contributed by atoms with van der Waals surface area (Å²) >= 11 is 6.38. The van der Waals surface area contributed by atoms with Crippen LogP contribution in [0.5, 0.6) is 5.75 Å². The summed E-state index contributed by atoms with van der Waals surface area (Å²) in [4.78, 5) is 24.4. The molecule has 0 unspecified atom stereocenters. The molecule has 0 saturated heterocycles. The third-order valence-corrected chi connectivity index (χ3v) is 4.27. The third-order valence-electron chi connectivity index (χ3n) is 3.97. The monoisotopic (exact) mass is 357 g/mol. The molecular formula is C19H16ClNO4. The van der Waals surface area contributed by atoms with E-state index in [2.05, 4.69) is 0 Å². The Hall–Kier alpha value is -2.79. The lowest BCUT2D eigenvalue weighted by atomic mass is 10.1. The fourth-order valence-corrected chi connectivity index (χ4v) is 2.99. The number of aryl methyl sites for hydroxylation is 1. The predicted octanol–water partition coefficient (Wildman–Crippen LogP) is 3.75. The Balaban J connectivity index is 2.36. The van der Waals surface area contributed by atoms with Gasteiger partial charge in [0.25, 0.3) is 5.56 Å². The highest BCUT2D eigenvalue weighted by molar-refractivity contribution is 6.33. The van der Waals surface area contributed by atoms with E-state index in [0.29, 0.717) is 5.69 Å². The first-order valence-corrected chi connectivity index (χ1v) is 7.92. The molecule has 25 heavy (non-hydrogen) atoms. The molecule has 1 heterocycles. The third kappa shape index (κ3) is 2.98. The van der Waals surface area contributed by atoms with Crippen LogP contribution in [0.4, 0.5) is 0 Å². The molecule has 0 aliphatic heterocycles. The van der Waals surface area contributed by atoms with Gasteiger partial charge < -0.3 is 9.47 Å². The lowest BCUT2D eigenvalue weighted by molar-refractivity contribution is 0.0597. The summed E-state index contributed by atoms with van der Waals surface area (Å²) in [6.07, 6.45) is 0. The Bertz CT molecular complexity index is 1040. The highest BCUT2D eigenvalue weighted by Crippen LogP contribution is 2.31. The highest BCUT2D eigenvalue weighted by Gasteiger charge is 2.18. The zero-order chi connectivity index (χ0) is 18.1. The predicted molar refractivity (Wildman–Crippen MR) is 97.2 cm³/mol. The van der Waals surface area contributed by atoms with E-state index in [4.69, 9.17) is 21.1 Å². The van der Waals surface area contributed by atoms with Crippen molar-refractivity contribution in [1.82, 2.24) is 4.57 Å². The van der Waals surface area contributed by atoms with E-state index >= 15 is 0 Å². The molecule has 6 heteroatoms. The number of carbonyl (C=O) groups is 1. The molecule has 0 fully saturated rings. The second-order valence-electron chi connectivity index (χ2n) is 5.56. The van der Waals surface area contributed by atoms with Gasteiger partial charge in [-0.2, -0.15) is 0 Å². The van der Waals surface area contributed by atoms with Crippen LogP contribution in [0.15, 0.2) is 47.3 Å². The van der Waals surface area contributed by atoms with Gasteiger partial charge in [0, 0.05) is 12.1 Å². The number of nitrogens with zero attached hydrogens (tertiary/aromatic N) is 1. The summed E-state index contributed by atoms with van der Waals surface area (Å²) in [6, 6.07) is 12.1. The molecule has 0 atom stereocenters. The summed E-state index contributed by atoms with van der Waals surface area (Å²) in [5.41, 5.74) is 2.15. The fourth-order valence-electron chi connectivity index (χ4n) is 2.74. The molecule has 5 nitrogen and oxygen atoms in total. The summed E-state index contributed by atoms with van der Waals surface area (Å²) in [5.74, 6) is -0.283. The molecule has 0 radical (unpaired) electrons. The molecule has 3 aromatic rings. The van der Waals surface area contributed by atoms with Crippen LogP contribution in [0.25, 0.3) is 16.6 Å². The number of methoxy groups -OCH3 is 2. The maximum absolute atomic E-state index is 12.5. The Morgan fingerprint density at radius 3 is 2.48 bits per heavy atom. The summed E-state index contributed by atoms with van der Waals surface area (Å²) in [6.45, 7) is 1.95. The molecule has 0 spiro atoms. The zero-order valence-corrected chi connectivity index (χ0v) is 14.8. The molecule has 0 aliphatic rings. The zero-order valence-electron chi connectivity index (χ0n) is 14.0. The molecule has 1 aromatic heterocycles. The minimum atomic E-state index is -0.564. The Morgan fingerprint density at radius 1 is 1.08 bits per heavy atom. The molecule has 0 N–H and O–H groups in total. The van der Waals surface area contributed by atoms with E-state index < -0.39 is 5.97 Å². The average Bonchev–Trinajstić information content (AvgIpc) is 2.61. The van der Waals surface area contributed by atoms with Crippen LogP contribution in [0.1, 0.15) is 15.9 Å². The first-order valence-electron chi connectivity index (χ1n) is 7.55. The van der Waals surface area contributed by atoms with E-state index in [9.17, 15) is 9.59 Å². The van der Waals surface area contributed by atoms with Gasteiger partial charge >= 0.3 is 5.97 Å². The topological polar surface area (TPSA) is 57.5 Å². The van der Waals surface area contributed by atoms with Crippen molar-refractivity contribution in [3.05, 3.63) is 69.0 Å². The second kappa shape index (κ2) is 6.61. The lowest BCUT2D eigenvalue weighted by Crippen LogP contribution is -2.18. The van der Waals surface area contributed by atoms with E-state index in [0.717, 1.165) is 16.5 Å². The number of carbonyl (C=O) groups excluding carboxylic acids is 1. The van der Waals surface area contributed by atoms with Crippen LogP contribution in [-0.4, -0.2) is 24.8 Å². The lowest BCUT2D eigenvalue weighted by Gasteiger charge is -2.15. The number of ether oxygens (including phenoxy) is 2. The van der Waals surface area contributed by atoms with Crippen LogP contribution < -0.4 is 10.3 Å². The van der Waals surface area contributed by atoms with Gasteiger partial charge in [-0.25, -0.2) is 4.79 Å². The number of fused-ring (bicyclic) bond motifs is 1. The Labute approximate surface area is 149 Å². The van der Waals surface area contributed by atoms with Crippen LogP contribution in [0.3, 0.4) is 0 Å². The van der Waals surface area contributed by atoms with Crippen molar-refractivity contribution in [3.8, 4) is 11.4 Å². The standard InChI is InChI=1S/C19H16ClNO4/c1-11-4-5-12-6-7-18(22)21(15(12)8-11)16-10-17(24-2)13(9-14(16)20)19(23)25-3/h4-10H,1-3H3. The first kappa shape index (κ1) is 17.0. The number of hydrogen-bond donors (Lipinski definition) is 0. The molecular weight excluding hydrogens is 342 g/mol. The van der Waals surface area contributed by atoms with Gasteiger partial charge in [-0.1, -0.05) is 23.7 Å². The van der Waals surface area contributed by atoms with Crippen molar-refractivity contribution >= 4 is 28.5 Å². The van der Waals surface area contributed by atoms with Crippen molar-refractivity contribution in [3.63, 3.8) is 0 Å². The molecule has 0 bridgehead atoms. The maximum Gasteiger partial charge on any atom is 0.341 e. The van der Waals surface area contributed by atoms with Crippen LogP contribution in [0, 0.1) is 6.92 Å². The van der Waals surface area contributed by atoms with Crippen molar-refractivity contribution in [2.75, 3.05) is 14.2 Å². The van der Waals surface area contributed by atoms with Crippen LogP contribution >= 0.6 is 11.6 Å². The molecule has 128 valence electrons. The van der Waals surface area contributed by atoms with Crippen molar-refractivity contribution in [2.45, 2.75) is 6.92 Å². The van der Waals surface area contributed by atoms with Crippen LogP contribution in [-0.2, 0) is 4.74 Å². The number of hydrogen-bond acceptors (Lipinski definition) is 4. The number of halogens is 1. The largest absolute Gasteiger partial charge is 0.496 e. The van der Waals surface area contributed by atoms with Crippen LogP contribution in [0.2, 0.25) is 5.02 Å². The van der Waals surface area contributed by atoms with Gasteiger partial charge in [-0.3, -0.25) is 9.36 Å². The van der Waals surface area contributed by atoms with E-state index in [1.165, 1.54) is 30.9 Å². The quantitative estimate of drug-likeness (QED) is 0.670. The van der Waals surface area contributed by atoms with Gasteiger partial charge in [0.05, 0.1) is 30.4 Å². The van der Waals surface area contributed by atoms with Crippen molar-refractivity contribution in [2.24, 2.45) is 0 Å². The normalized spacial score (nSPS) is 10.7. The molecule has 0 saturated carbocycles. The Kier molecular flexibility index (Phi) is 4.51. The Morgan fingerprint density at radius 2 is 1.80 bits per heavy atom. The SMILES string of the molecule is COC(=O)c1cc(Cl)c(-n2c(=O)ccc3ccc(C)cc32)cc1OC. The van der Waals surface area contributed by atoms with Gasteiger partial charge in [-0.05, 0) is 36.1 Å². The number of pyridine rings is 1. The summed E-state index contributed by atoms with van der Waals surface area (Å²) in [5, 5.41) is 1.15. The fraction of sp³-hybridized carbons (Fsp3) is 0.158. The number of benzene rings is 2. The van der Waals surface area contributed by atoms with E-state index in [1.54, 1.807) is 12.1 Å². The highest BCUT2D eigenvalue weighted by atomic mass is 35.5. The molecule has 2 aromatic carbocycles. The minimum absolute atomic E-state index is 0.197. The van der Waals surface area contributed by atoms with E-state index in [1.807, 2.05) is 25.1 Å². The van der Waals surface area contributed by atoms with Crippen molar-refractivity contribution < 1.29 is 14.3 Å². The molecule has 3 rings (SSSR count). The number of aromatic nitrogens is 1. The maximum atomic E-state index is 12.5. The smallest absolute Gasteiger partial charge is 0.341 e. The number of esters is 1. The van der Waals surface area contributed by atoms with E-state index in [-0.39, 0.29) is 21.9 Å². The summed E-state index contributed by atoms with van der Waals surface area (Å²) < 4.78 is 11.5. The van der Waals surface area contributed by atoms with Gasteiger partial charge in [0.15, 0.2) is 0 Å². The number of rotatable bonds is 3. The second-order valence-corrected chi connectivity index (χ2v) is 5.97. The van der Waals surface area contributed by atoms with Gasteiger partial charge in [0.2, 0.25) is 0 Å². The van der Waals surface area contributed by atoms with Gasteiger partial charge in [-0.15, -0.1) is 0 Å². The summed E-state index contributed by atoms with van der Waals surface area (Å²) in [7, 11) is 2.72. The van der Waals surface area contributed by atoms with Gasteiger partial charge in [0.1, 0.15) is 11.3 Å². The average molecular weight is 358 g/mol. The van der Waals surface area contributed by atoms with Crippen molar-refractivity contribution in [1.29, 1.82) is 0 Å². The minimum Gasteiger partial charge on any atom is -0.496 e. The molecule has 0 aliphatic carbocycles. The first-order chi connectivity index (χ1) is 12.0. The molecule has 0 amide bonds.